The summed E-state index contributed by atoms with van der Waals surface area (Å²) in [7, 11) is 0. The van der Waals surface area contributed by atoms with Crippen molar-refractivity contribution in [1.82, 2.24) is 20.0 Å². The maximum atomic E-state index is 12.3. The van der Waals surface area contributed by atoms with Crippen LogP contribution in [-0.4, -0.2) is 39.0 Å². The second kappa shape index (κ2) is 5.92. The predicted octanol–water partition coefficient (Wildman–Crippen LogP) is 1.93. The number of amides is 1. The number of likely N-dealkylation sites (tertiary alicyclic amines) is 1. The Hall–Kier alpha value is -2.96. The third-order valence-corrected chi connectivity index (χ3v) is 4.49. The van der Waals surface area contributed by atoms with Gasteiger partial charge in [0.05, 0.1) is 6.20 Å². The summed E-state index contributed by atoms with van der Waals surface area (Å²) >= 11 is 0. The van der Waals surface area contributed by atoms with E-state index in [1.165, 1.54) is 6.20 Å². The molecule has 0 saturated carbocycles. The molecule has 1 aliphatic heterocycles. The van der Waals surface area contributed by atoms with E-state index in [0.717, 1.165) is 23.9 Å². The number of carbonyl (C=O) groups excluding carboxylic acids is 1. The molecular weight excluding hydrogens is 308 g/mol. The Morgan fingerprint density at radius 1 is 1.25 bits per heavy atom. The maximum Gasteiger partial charge on any atom is 0.292 e. The number of pyridine rings is 2. The third kappa shape index (κ3) is 2.58. The Morgan fingerprint density at radius 2 is 2.08 bits per heavy atom. The number of nitrogens with one attached hydrogen (secondary N) is 1. The molecule has 0 radical (unpaired) electrons. The van der Waals surface area contributed by atoms with Crippen molar-refractivity contribution in [2.75, 3.05) is 13.1 Å². The van der Waals surface area contributed by atoms with Crippen LogP contribution in [0.2, 0.25) is 0 Å². The van der Waals surface area contributed by atoms with Crippen LogP contribution < -0.4 is 5.56 Å². The number of H-pyrrole nitrogens is 1. The van der Waals surface area contributed by atoms with Crippen LogP contribution in [0.1, 0.15) is 35.0 Å². The molecule has 7 heteroatoms. The molecule has 1 fully saturated rings. The SMILES string of the molecule is O=C(c1ccno1)N1CCC(c2cc3cccnc3c(=O)[nH]2)CC1. The first-order valence-electron chi connectivity index (χ1n) is 7.90. The van der Waals surface area contributed by atoms with Crippen molar-refractivity contribution >= 4 is 16.8 Å². The highest BCUT2D eigenvalue weighted by molar-refractivity contribution is 5.91. The van der Waals surface area contributed by atoms with Gasteiger partial charge in [0.2, 0.25) is 5.76 Å². The molecule has 0 atom stereocenters. The number of hydrogen-bond donors (Lipinski definition) is 1. The second-order valence-electron chi connectivity index (χ2n) is 5.94. The first-order chi connectivity index (χ1) is 11.7. The lowest BCUT2D eigenvalue weighted by Crippen LogP contribution is -2.38. The summed E-state index contributed by atoms with van der Waals surface area (Å²) < 4.78 is 4.93. The Balaban J connectivity index is 1.52. The fourth-order valence-corrected chi connectivity index (χ4v) is 3.21. The first kappa shape index (κ1) is 14.6. The minimum atomic E-state index is -0.164. The molecule has 0 unspecified atom stereocenters. The lowest BCUT2D eigenvalue weighted by Gasteiger charge is -2.31. The fraction of sp³-hybridized carbons (Fsp3) is 0.294. The van der Waals surface area contributed by atoms with E-state index in [1.54, 1.807) is 17.2 Å². The number of hydrogen-bond acceptors (Lipinski definition) is 5. The molecular formula is C17H16N4O3. The lowest BCUT2D eigenvalue weighted by molar-refractivity contribution is 0.0670. The first-order valence-corrected chi connectivity index (χ1v) is 7.90. The Labute approximate surface area is 137 Å². The van der Waals surface area contributed by atoms with Gasteiger partial charge in [0.25, 0.3) is 11.5 Å². The monoisotopic (exact) mass is 324 g/mol. The van der Waals surface area contributed by atoms with Crippen LogP contribution in [0.15, 0.2) is 46.0 Å². The number of piperidine rings is 1. The molecule has 1 N–H and O–H groups in total. The minimum absolute atomic E-state index is 0.137. The molecule has 24 heavy (non-hydrogen) atoms. The van der Waals surface area contributed by atoms with Gasteiger partial charge in [-0.15, -0.1) is 0 Å². The van der Waals surface area contributed by atoms with E-state index in [9.17, 15) is 9.59 Å². The minimum Gasteiger partial charge on any atom is -0.351 e. The summed E-state index contributed by atoms with van der Waals surface area (Å²) in [5.74, 6) is 0.349. The van der Waals surface area contributed by atoms with Crippen molar-refractivity contribution in [1.29, 1.82) is 0 Å². The van der Waals surface area contributed by atoms with Crippen molar-refractivity contribution in [2.24, 2.45) is 0 Å². The number of carbonyl (C=O) groups is 1. The highest BCUT2D eigenvalue weighted by atomic mass is 16.5. The van der Waals surface area contributed by atoms with Gasteiger partial charge in [-0.05, 0) is 25.0 Å². The van der Waals surface area contributed by atoms with Crippen LogP contribution in [0.25, 0.3) is 10.9 Å². The van der Waals surface area contributed by atoms with Crippen LogP contribution in [0, 0.1) is 0 Å². The van der Waals surface area contributed by atoms with E-state index < -0.39 is 0 Å². The number of rotatable bonds is 2. The third-order valence-electron chi connectivity index (χ3n) is 4.49. The van der Waals surface area contributed by atoms with Crippen molar-refractivity contribution in [3.05, 3.63) is 58.5 Å². The van der Waals surface area contributed by atoms with Gasteiger partial charge in [-0.1, -0.05) is 11.2 Å². The Kier molecular flexibility index (Phi) is 3.60. The average molecular weight is 324 g/mol. The van der Waals surface area contributed by atoms with Crippen LogP contribution in [-0.2, 0) is 0 Å². The summed E-state index contributed by atoms with van der Waals surface area (Å²) in [4.78, 5) is 33.2. The fourth-order valence-electron chi connectivity index (χ4n) is 3.21. The van der Waals surface area contributed by atoms with E-state index in [2.05, 4.69) is 15.1 Å². The van der Waals surface area contributed by atoms with E-state index in [4.69, 9.17) is 4.52 Å². The summed E-state index contributed by atoms with van der Waals surface area (Å²) in [6.45, 7) is 1.24. The van der Waals surface area contributed by atoms with Crippen molar-refractivity contribution < 1.29 is 9.32 Å². The number of aromatic amines is 1. The molecule has 7 nitrogen and oxygen atoms in total. The molecule has 0 aromatic carbocycles. The summed E-state index contributed by atoms with van der Waals surface area (Å²) in [6.07, 6.45) is 4.67. The van der Waals surface area contributed by atoms with Gasteiger partial charge in [-0.3, -0.25) is 14.6 Å². The van der Waals surface area contributed by atoms with Gasteiger partial charge >= 0.3 is 0 Å². The van der Waals surface area contributed by atoms with Crippen molar-refractivity contribution in [2.45, 2.75) is 18.8 Å². The molecule has 1 saturated heterocycles. The molecule has 3 aromatic rings. The number of aromatic nitrogens is 3. The quantitative estimate of drug-likeness (QED) is 0.777. The van der Waals surface area contributed by atoms with Crippen LogP contribution in [0.5, 0.6) is 0 Å². The summed E-state index contributed by atoms with van der Waals surface area (Å²) in [5.41, 5.74) is 1.20. The van der Waals surface area contributed by atoms with Crippen LogP contribution in [0.4, 0.5) is 0 Å². The van der Waals surface area contributed by atoms with Gasteiger partial charge < -0.3 is 14.4 Å². The van der Waals surface area contributed by atoms with Crippen LogP contribution >= 0.6 is 0 Å². The zero-order chi connectivity index (χ0) is 16.5. The molecule has 4 heterocycles. The lowest BCUT2D eigenvalue weighted by atomic mass is 9.92. The molecule has 122 valence electrons. The van der Waals surface area contributed by atoms with Crippen molar-refractivity contribution in [3.63, 3.8) is 0 Å². The normalized spacial score (nSPS) is 15.8. The zero-order valence-electron chi connectivity index (χ0n) is 12.9. The van der Waals surface area contributed by atoms with E-state index in [0.29, 0.717) is 18.6 Å². The Bertz CT molecular complexity index is 924. The summed E-state index contributed by atoms with van der Waals surface area (Å²) in [6, 6.07) is 7.28. The smallest absolute Gasteiger partial charge is 0.292 e. The van der Waals surface area contributed by atoms with Crippen molar-refractivity contribution in [3.8, 4) is 0 Å². The van der Waals surface area contributed by atoms with Gasteiger partial charge in [-0.2, -0.15) is 0 Å². The maximum absolute atomic E-state index is 12.3. The molecule has 0 bridgehead atoms. The van der Waals surface area contributed by atoms with Gasteiger partial charge in [0.1, 0.15) is 5.52 Å². The topological polar surface area (TPSA) is 92.1 Å². The number of fused-ring (bicyclic) bond motifs is 1. The highest BCUT2D eigenvalue weighted by Crippen LogP contribution is 2.28. The number of nitrogens with zero attached hydrogens (tertiary/aromatic N) is 3. The standard InChI is InChI=1S/C17H16N4O3/c22-16-15-12(2-1-6-18-15)10-13(20-16)11-4-8-21(9-5-11)17(23)14-3-7-19-24-14/h1-3,6-7,10-11H,4-5,8-9H2,(H,20,22). The molecule has 0 aliphatic carbocycles. The summed E-state index contributed by atoms with van der Waals surface area (Å²) in [5, 5.41) is 4.42. The molecule has 4 rings (SSSR count). The molecule has 0 spiro atoms. The highest BCUT2D eigenvalue weighted by Gasteiger charge is 2.26. The molecule has 1 amide bonds. The second-order valence-corrected chi connectivity index (χ2v) is 5.94. The Morgan fingerprint density at radius 3 is 2.83 bits per heavy atom. The average Bonchev–Trinajstić information content (AvgIpc) is 3.16. The zero-order valence-corrected chi connectivity index (χ0v) is 12.9. The van der Waals surface area contributed by atoms with Gasteiger partial charge in [0, 0.05) is 42.4 Å². The van der Waals surface area contributed by atoms with Crippen LogP contribution in [0.3, 0.4) is 0 Å². The molecule has 1 aliphatic rings. The molecule has 3 aromatic heterocycles. The van der Waals surface area contributed by atoms with Gasteiger partial charge in [0.15, 0.2) is 0 Å². The van der Waals surface area contributed by atoms with E-state index in [-0.39, 0.29) is 23.1 Å². The largest absolute Gasteiger partial charge is 0.351 e. The van der Waals surface area contributed by atoms with E-state index >= 15 is 0 Å². The predicted molar refractivity (Wildman–Crippen MR) is 86.7 cm³/mol. The van der Waals surface area contributed by atoms with E-state index in [1.807, 2.05) is 18.2 Å². The van der Waals surface area contributed by atoms with Gasteiger partial charge in [-0.25, -0.2) is 0 Å².